The van der Waals surface area contributed by atoms with Gasteiger partial charge in [-0.1, -0.05) is 66.2 Å². The molecule has 5 heteroatoms. The molecule has 1 N–H and O–H groups in total. The molecule has 0 aromatic heterocycles. The van der Waals surface area contributed by atoms with Gasteiger partial charge in [0.2, 0.25) is 0 Å². The highest BCUT2D eigenvalue weighted by Crippen LogP contribution is 2.79. The number of fused-ring (bicyclic) bond motifs is 7. The molecular formula is C24H20N2O2S. The maximum atomic E-state index is 12.7. The third-order valence-electron chi connectivity index (χ3n) is 6.85. The van der Waals surface area contributed by atoms with Gasteiger partial charge in [-0.3, -0.25) is 0 Å². The first-order valence-corrected chi connectivity index (χ1v) is 11.3. The van der Waals surface area contributed by atoms with Crippen molar-refractivity contribution in [3.63, 3.8) is 0 Å². The van der Waals surface area contributed by atoms with Crippen molar-refractivity contribution in [2.45, 2.75) is 29.1 Å². The molecule has 3 aliphatic carbocycles. The zero-order valence-corrected chi connectivity index (χ0v) is 16.7. The second kappa shape index (κ2) is 5.57. The van der Waals surface area contributed by atoms with Gasteiger partial charge < -0.3 is 0 Å². The second-order valence-electron chi connectivity index (χ2n) is 8.29. The van der Waals surface area contributed by atoms with Gasteiger partial charge in [-0.05, 0) is 59.1 Å². The Labute approximate surface area is 170 Å². The van der Waals surface area contributed by atoms with E-state index in [4.69, 9.17) is 0 Å². The minimum Gasteiger partial charge on any atom is -0.200 e. The summed E-state index contributed by atoms with van der Waals surface area (Å²) in [5.74, 6) is 1.47. The fourth-order valence-corrected chi connectivity index (χ4v) is 6.47. The van der Waals surface area contributed by atoms with Crippen LogP contribution in [0.3, 0.4) is 0 Å². The Morgan fingerprint density at radius 1 is 0.862 bits per heavy atom. The van der Waals surface area contributed by atoms with Crippen molar-refractivity contribution in [2.24, 2.45) is 11.0 Å². The molecule has 144 valence electrons. The number of hydrazone groups is 1. The number of hydrogen-bond donors (Lipinski definition) is 1. The zero-order valence-electron chi connectivity index (χ0n) is 15.9. The molecule has 2 atom stereocenters. The molecule has 0 radical (unpaired) electrons. The Morgan fingerprint density at radius 2 is 1.41 bits per heavy atom. The van der Waals surface area contributed by atoms with E-state index in [1.807, 2.05) is 13.1 Å². The van der Waals surface area contributed by atoms with Gasteiger partial charge in [0.1, 0.15) is 0 Å². The summed E-state index contributed by atoms with van der Waals surface area (Å²) in [6.07, 6.45) is 1.84. The van der Waals surface area contributed by atoms with Crippen molar-refractivity contribution in [3.05, 3.63) is 101 Å². The van der Waals surface area contributed by atoms with Crippen LogP contribution in [-0.4, -0.2) is 14.6 Å². The van der Waals surface area contributed by atoms with Gasteiger partial charge in [0.25, 0.3) is 10.0 Å². The van der Waals surface area contributed by atoms with E-state index in [9.17, 15) is 8.42 Å². The maximum Gasteiger partial charge on any atom is 0.276 e. The van der Waals surface area contributed by atoms with Crippen LogP contribution in [0, 0.1) is 12.8 Å². The van der Waals surface area contributed by atoms with E-state index in [0.29, 0.717) is 17.8 Å². The van der Waals surface area contributed by atoms with Gasteiger partial charge in [-0.25, -0.2) is 4.83 Å². The first-order chi connectivity index (χ1) is 14.0. The fraction of sp³-hybridized carbons (Fsp3) is 0.208. The molecule has 2 unspecified atom stereocenters. The van der Waals surface area contributed by atoms with Crippen LogP contribution in [0.2, 0.25) is 0 Å². The minimum absolute atomic E-state index is 0.221. The van der Waals surface area contributed by atoms with E-state index in [-0.39, 0.29) is 10.3 Å². The van der Waals surface area contributed by atoms with Crippen LogP contribution in [0.5, 0.6) is 0 Å². The lowest BCUT2D eigenvalue weighted by Crippen LogP contribution is -2.30. The molecule has 0 saturated heterocycles. The lowest BCUT2D eigenvalue weighted by molar-refractivity contribution is 0.583. The fourth-order valence-electron chi connectivity index (χ4n) is 5.68. The molecule has 3 aliphatic rings. The van der Waals surface area contributed by atoms with Crippen LogP contribution in [0.25, 0.3) is 0 Å². The van der Waals surface area contributed by atoms with Gasteiger partial charge in [0, 0.05) is 6.21 Å². The van der Waals surface area contributed by atoms with Crippen LogP contribution in [0.15, 0.2) is 82.8 Å². The van der Waals surface area contributed by atoms with E-state index in [0.717, 1.165) is 5.56 Å². The summed E-state index contributed by atoms with van der Waals surface area (Å²) < 4.78 is 25.4. The predicted octanol–water partition coefficient (Wildman–Crippen LogP) is 4.07. The van der Waals surface area contributed by atoms with E-state index >= 15 is 0 Å². The number of rotatable bonds is 4. The van der Waals surface area contributed by atoms with Gasteiger partial charge in [-0.15, -0.1) is 0 Å². The summed E-state index contributed by atoms with van der Waals surface area (Å²) in [5.41, 5.74) is 5.95. The maximum absolute atomic E-state index is 12.7. The number of sulfonamides is 1. The Bertz CT molecular complexity index is 1220. The molecule has 0 amide bonds. The molecule has 0 spiro atoms. The number of hydrogen-bond acceptors (Lipinski definition) is 3. The van der Waals surface area contributed by atoms with E-state index in [1.54, 1.807) is 24.3 Å². The third-order valence-corrected chi connectivity index (χ3v) is 8.09. The topological polar surface area (TPSA) is 58.5 Å². The van der Waals surface area contributed by atoms with Crippen molar-refractivity contribution in [2.75, 3.05) is 0 Å². The summed E-state index contributed by atoms with van der Waals surface area (Å²) in [4.78, 5) is 2.66. The smallest absolute Gasteiger partial charge is 0.200 e. The number of aryl methyl sites for hydroxylation is 1. The lowest BCUT2D eigenvalue weighted by Gasteiger charge is -2.26. The summed E-state index contributed by atoms with van der Waals surface area (Å²) >= 11 is 0. The van der Waals surface area contributed by atoms with Crippen LogP contribution in [-0.2, 0) is 15.4 Å². The monoisotopic (exact) mass is 400 g/mol. The van der Waals surface area contributed by atoms with Crippen LogP contribution < -0.4 is 4.83 Å². The number of benzene rings is 3. The first-order valence-electron chi connectivity index (χ1n) is 9.85. The second-order valence-corrected chi connectivity index (χ2v) is 9.95. The summed E-state index contributed by atoms with van der Waals surface area (Å²) in [7, 11) is -3.70. The van der Waals surface area contributed by atoms with Crippen LogP contribution in [0.4, 0.5) is 0 Å². The first kappa shape index (κ1) is 17.0. The summed E-state index contributed by atoms with van der Waals surface area (Å²) in [5, 5.41) is 4.31. The van der Waals surface area contributed by atoms with Gasteiger partial charge in [-0.2, -0.15) is 13.5 Å². The van der Waals surface area contributed by atoms with E-state index in [1.165, 1.54) is 22.3 Å². The molecule has 1 saturated carbocycles. The van der Waals surface area contributed by atoms with E-state index in [2.05, 4.69) is 58.5 Å². The highest BCUT2D eigenvalue weighted by Gasteiger charge is 2.73. The Kier molecular flexibility index (Phi) is 3.26. The minimum atomic E-state index is -3.70. The SMILES string of the molecule is Cc1ccc(S(=O)(=O)N/N=C/C23c4ccccc4C4C(c5ccccc52)C43)cc1. The summed E-state index contributed by atoms with van der Waals surface area (Å²) in [6, 6.07) is 23.9. The molecule has 0 bridgehead atoms. The number of nitrogens with one attached hydrogen (secondary N) is 1. The highest BCUT2D eigenvalue weighted by atomic mass is 32.2. The molecule has 0 aliphatic heterocycles. The molecule has 3 aromatic carbocycles. The number of nitrogens with zero attached hydrogens (tertiary/aromatic N) is 1. The molecule has 29 heavy (non-hydrogen) atoms. The molecule has 6 rings (SSSR count). The van der Waals surface area contributed by atoms with Crippen LogP contribution in [0.1, 0.15) is 39.7 Å². The van der Waals surface area contributed by atoms with Crippen molar-refractivity contribution in [1.82, 2.24) is 4.83 Å². The van der Waals surface area contributed by atoms with Crippen molar-refractivity contribution in [1.29, 1.82) is 0 Å². The molecular weight excluding hydrogens is 380 g/mol. The molecule has 1 fully saturated rings. The Hall–Kier alpha value is -2.92. The van der Waals surface area contributed by atoms with Crippen molar-refractivity contribution >= 4 is 16.2 Å². The summed E-state index contributed by atoms with van der Waals surface area (Å²) in [6.45, 7) is 1.93. The molecule has 3 aromatic rings. The average Bonchev–Trinajstić information content (AvgIpc) is 3.34. The normalized spacial score (nSPS) is 28.1. The van der Waals surface area contributed by atoms with Gasteiger partial charge in [0.05, 0.1) is 10.3 Å². The third kappa shape index (κ3) is 2.14. The standard InChI is InChI=1S/C24H20N2O2S/c1-15-10-12-16(13-11-15)29(27,28)26-25-14-24-19-8-4-2-6-17(19)21-22(23(21)24)18-7-3-5-9-20(18)24/h2-14,21-23,26H,1H3/b25-14+. The Morgan fingerprint density at radius 3 is 2.00 bits per heavy atom. The van der Waals surface area contributed by atoms with Crippen molar-refractivity contribution < 1.29 is 8.42 Å². The van der Waals surface area contributed by atoms with Gasteiger partial charge >= 0.3 is 0 Å². The lowest BCUT2D eigenvalue weighted by atomic mass is 9.76. The quantitative estimate of drug-likeness (QED) is 0.530. The molecule has 0 heterocycles. The zero-order chi connectivity index (χ0) is 19.8. The molecule has 4 nitrogen and oxygen atoms in total. The van der Waals surface area contributed by atoms with Crippen LogP contribution >= 0.6 is 0 Å². The largest absolute Gasteiger partial charge is 0.276 e. The van der Waals surface area contributed by atoms with E-state index < -0.39 is 10.0 Å². The predicted molar refractivity (Wildman–Crippen MR) is 113 cm³/mol. The Balaban J connectivity index is 1.42. The average molecular weight is 401 g/mol. The highest BCUT2D eigenvalue weighted by molar-refractivity contribution is 7.89. The van der Waals surface area contributed by atoms with Crippen molar-refractivity contribution in [3.8, 4) is 0 Å². The van der Waals surface area contributed by atoms with Gasteiger partial charge in [0.15, 0.2) is 0 Å².